The Labute approximate surface area is 115 Å². The summed E-state index contributed by atoms with van der Waals surface area (Å²) in [7, 11) is 0. The number of furan rings is 1. The van der Waals surface area contributed by atoms with Crippen molar-refractivity contribution < 1.29 is 14.3 Å². The Hall–Kier alpha value is -0.810. The highest BCUT2D eigenvalue weighted by Crippen LogP contribution is 2.32. The van der Waals surface area contributed by atoms with Gasteiger partial charge in [0.05, 0.1) is 12.0 Å². The second-order valence-corrected chi connectivity index (χ2v) is 5.69. The molecule has 1 aliphatic rings. The first-order chi connectivity index (χ1) is 8.58. The van der Waals surface area contributed by atoms with Gasteiger partial charge in [-0.2, -0.15) is 0 Å². The molecule has 0 radical (unpaired) electrons. The van der Waals surface area contributed by atoms with Crippen LogP contribution in [0.3, 0.4) is 0 Å². The summed E-state index contributed by atoms with van der Waals surface area (Å²) in [6, 6.07) is 3.89. The van der Waals surface area contributed by atoms with E-state index in [0.717, 1.165) is 36.2 Å². The Kier molecular flexibility index (Phi) is 4.45. The van der Waals surface area contributed by atoms with E-state index in [1.165, 1.54) is 0 Å². The fourth-order valence-corrected chi connectivity index (χ4v) is 2.92. The average molecular weight is 316 g/mol. The lowest BCUT2D eigenvalue weighted by atomic mass is 9.96. The van der Waals surface area contributed by atoms with Crippen molar-refractivity contribution in [2.45, 2.75) is 32.2 Å². The van der Waals surface area contributed by atoms with Crippen LogP contribution >= 0.6 is 15.9 Å². The minimum absolute atomic E-state index is 0.103. The monoisotopic (exact) mass is 315 g/mol. The van der Waals surface area contributed by atoms with E-state index in [4.69, 9.17) is 9.52 Å². The van der Waals surface area contributed by atoms with Gasteiger partial charge in [0.1, 0.15) is 5.76 Å². The number of carboxylic acid groups (broad SMARTS) is 1. The molecule has 1 aromatic heterocycles. The fourth-order valence-electron chi connectivity index (χ4n) is 2.60. The van der Waals surface area contributed by atoms with E-state index in [2.05, 4.69) is 21.2 Å². The first kappa shape index (κ1) is 13.6. The van der Waals surface area contributed by atoms with Crippen molar-refractivity contribution in [1.29, 1.82) is 0 Å². The third-order valence-corrected chi connectivity index (χ3v) is 4.11. The molecular formula is C13H18BrNO3. The lowest BCUT2D eigenvalue weighted by Crippen LogP contribution is -2.30. The van der Waals surface area contributed by atoms with Crippen LogP contribution in [-0.2, 0) is 4.79 Å². The van der Waals surface area contributed by atoms with Crippen LogP contribution in [0.5, 0.6) is 0 Å². The van der Waals surface area contributed by atoms with Crippen LogP contribution in [0.25, 0.3) is 0 Å². The maximum atomic E-state index is 11.1. The van der Waals surface area contributed by atoms with Crippen molar-refractivity contribution in [3.8, 4) is 0 Å². The van der Waals surface area contributed by atoms with Crippen LogP contribution in [0, 0.1) is 11.8 Å². The van der Waals surface area contributed by atoms with Crippen LogP contribution in [-0.4, -0.2) is 17.6 Å². The Morgan fingerprint density at radius 3 is 3.00 bits per heavy atom. The number of hydrogen-bond donors (Lipinski definition) is 2. The summed E-state index contributed by atoms with van der Waals surface area (Å²) in [6.07, 6.45) is 2.82. The van der Waals surface area contributed by atoms with Gasteiger partial charge in [-0.3, -0.25) is 4.79 Å². The van der Waals surface area contributed by atoms with E-state index in [-0.39, 0.29) is 17.9 Å². The lowest BCUT2D eigenvalue weighted by molar-refractivity contribution is -0.142. The minimum atomic E-state index is -0.660. The zero-order valence-corrected chi connectivity index (χ0v) is 11.9. The fraction of sp³-hybridized carbons (Fsp3) is 0.615. The SMILES string of the molecule is CC(NCC1CCCC1C(=O)O)c1ccc(Br)o1. The predicted molar refractivity (Wildman–Crippen MR) is 71.3 cm³/mol. The third kappa shape index (κ3) is 3.14. The summed E-state index contributed by atoms with van der Waals surface area (Å²) in [4.78, 5) is 11.1. The van der Waals surface area contributed by atoms with E-state index in [0.29, 0.717) is 0 Å². The van der Waals surface area contributed by atoms with Crippen LogP contribution in [0.1, 0.15) is 38.0 Å². The van der Waals surface area contributed by atoms with Gasteiger partial charge in [0.2, 0.25) is 0 Å². The zero-order valence-electron chi connectivity index (χ0n) is 10.4. The van der Waals surface area contributed by atoms with Crippen molar-refractivity contribution in [3.63, 3.8) is 0 Å². The summed E-state index contributed by atoms with van der Waals surface area (Å²) < 4.78 is 6.19. The number of aliphatic carboxylic acids is 1. The number of carbonyl (C=O) groups is 1. The highest BCUT2D eigenvalue weighted by atomic mass is 79.9. The molecule has 5 heteroatoms. The zero-order chi connectivity index (χ0) is 13.1. The number of nitrogens with one attached hydrogen (secondary N) is 1. The van der Waals surface area contributed by atoms with E-state index in [1.807, 2.05) is 19.1 Å². The molecule has 1 aliphatic carbocycles. The molecule has 4 nitrogen and oxygen atoms in total. The lowest BCUT2D eigenvalue weighted by Gasteiger charge is -2.19. The van der Waals surface area contributed by atoms with Crippen molar-refractivity contribution in [3.05, 3.63) is 22.6 Å². The van der Waals surface area contributed by atoms with Gasteiger partial charge in [0.15, 0.2) is 4.67 Å². The maximum Gasteiger partial charge on any atom is 0.306 e. The summed E-state index contributed by atoms with van der Waals surface area (Å²) in [5, 5.41) is 12.5. The largest absolute Gasteiger partial charge is 0.481 e. The highest BCUT2D eigenvalue weighted by molar-refractivity contribution is 9.10. The minimum Gasteiger partial charge on any atom is -0.481 e. The molecule has 0 spiro atoms. The molecule has 0 bridgehead atoms. The molecule has 3 atom stereocenters. The summed E-state index contributed by atoms with van der Waals surface area (Å²) in [5.41, 5.74) is 0. The van der Waals surface area contributed by atoms with Crippen molar-refractivity contribution >= 4 is 21.9 Å². The van der Waals surface area contributed by atoms with E-state index >= 15 is 0 Å². The Bertz CT molecular complexity index is 418. The first-order valence-electron chi connectivity index (χ1n) is 6.29. The van der Waals surface area contributed by atoms with E-state index < -0.39 is 5.97 Å². The molecule has 100 valence electrons. The van der Waals surface area contributed by atoms with Crippen molar-refractivity contribution in [2.75, 3.05) is 6.54 Å². The topological polar surface area (TPSA) is 62.5 Å². The van der Waals surface area contributed by atoms with Gasteiger partial charge in [-0.15, -0.1) is 0 Å². The standard InChI is InChI=1S/C13H18BrNO3/c1-8(11-5-6-12(14)18-11)15-7-9-3-2-4-10(9)13(16)17/h5-6,8-10,15H,2-4,7H2,1H3,(H,16,17). The van der Waals surface area contributed by atoms with E-state index in [9.17, 15) is 4.79 Å². The molecule has 2 rings (SSSR count). The summed E-state index contributed by atoms with van der Waals surface area (Å²) >= 11 is 3.27. The number of carboxylic acids is 1. The van der Waals surface area contributed by atoms with Crippen LogP contribution in [0.2, 0.25) is 0 Å². The van der Waals surface area contributed by atoms with Gasteiger partial charge in [0, 0.05) is 0 Å². The second-order valence-electron chi connectivity index (χ2n) is 4.91. The highest BCUT2D eigenvalue weighted by Gasteiger charge is 2.32. The molecule has 18 heavy (non-hydrogen) atoms. The van der Waals surface area contributed by atoms with Crippen molar-refractivity contribution in [2.24, 2.45) is 11.8 Å². The van der Waals surface area contributed by atoms with Crippen LogP contribution < -0.4 is 5.32 Å². The first-order valence-corrected chi connectivity index (χ1v) is 7.08. The Morgan fingerprint density at radius 2 is 2.39 bits per heavy atom. The third-order valence-electron chi connectivity index (χ3n) is 3.68. The molecule has 1 aromatic rings. The van der Waals surface area contributed by atoms with Gasteiger partial charge < -0.3 is 14.8 Å². The average Bonchev–Trinajstić information content (AvgIpc) is 2.94. The number of halogens is 1. The molecule has 3 unspecified atom stereocenters. The Balaban J connectivity index is 1.86. The van der Waals surface area contributed by atoms with Crippen molar-refractivity contribution in [1.82, 2.24) is 5.32 Å². The summed E-state index contributed by atoms with van der Waals surface area (Å²) in [5.74, 6) is 0.260. The van der Waals surface area contributed by atoms with Gasteiger partial charge in [-0.05, 0) is 60.3 Å². The van der Waals surface area contributed by atoms with Crippen LogP contribution in [0.4, 0.5) is 0 Å². The second kappa shape index (κ2) is 5.89. The molecule has 1 saturated carbocycles. The molecule has 1 fully saturated rings. The van der Waals surface area contributed by atoms with Crippen LogP contribution in [0.15, 0.2) is 21.2 Å². The molecule has 0 aliphatic heterocycles. The predicted octanol–water partition coefficient (Wildman–Crippen LogP) is 3.19. The normalized spacial score (nSPS) is 25.2. The molecular weight excluding hydrogens is 298 g/mol. The maximum absolute atomic E-state index is 11.1. The molecule has 1 heterocycles. The molecule has 0 saturated heterocycles. The molecule has 0 amide bonds. The molecule has 0 aromatic carbocycles. The van der Waals surface area contributed by atoms with Gasteiger partial charge in [0.25, 0.3) is 0 Å². The van der Waals surface area contributed by atoms with Gasteiger partial charge in [-0.1, -0.05) is 6.42 Å². The summed E-state index contributed by atoms with van der Waals surface area (Å²) in [6.45, 7) is 2.76. The Morgan fingerprint density at radius 1 is 1.61 bits per heavy atom. The molecule has 2 N–H and O–H groups in total. The number of rotatable bonds is 5. The quantitative estimate of drug-likeness (QED) is 0.876. The van der Waals surface area contributed by atoms with Gasteiger partial charge in [-0.25, -0.2) is 0 Å². The number of hydrogen-bond acceptors (Lipinski definition) is 3. The smallest absolute Gasteiger partial charge is 0.306 e. The van der Waals surface area contributed by atoms with E-state index in [1.54, 1.807) is 0 Å². The van der Waals surface area contributed by atoms with Gasteiger partial charge >= 0.3 is 5.97 Å².